The van der Waals surface area contributed by atoms with Gasteiger partial charge in [0, 0.05) is 54.4 Å². The molecule has 0 aromatic carbocycles. The maximum absolute atomic E-state index is 18.1. The van der Waals surface area contributed by atoms with Crippen molar-refractivity contribution in [3.8, 4) is 0 Å². The van der Waals surface area contributed by atoms with Gasteiger partial charge in [0.05, 0.1) is 42.0 Å². The van der Waals surface area contributed by atoms with Crippen LogP contribution >= 0.6 is 0 Å². The standard InChI is InChI=1S/C55H89F2N3O14/c1-15-40-53(12,69)44(65)32(6)60(27-28(2)25-52(11,68)45(30(4)42(63)31(5)46(66)71-40)72-47-43(64)38(59(13)14)21-29(3)70-47)20-16-19-58-48(67)55-41(73-49(7,8)74-55)24-34-35-23-37(56)36-22-33(61)17-18-50(36,9)54(35,57)39(62)26-51(34,55)10/h17-18,22,28-32,34-35,37-45,47,62-65,68-69H,15-16,19-21,23-27H2,1-14H3,(H,58,67)/t28-,29?,30+,31-,32-,34?,35?,37+,38-,39+,40-,41-,42?,43?,44-,45?,47?,50+,51+,52-,53-,54+,55+/m1/s1. The average molecular weight is 1050 g/mol. The van der Waals surface area contributed by atoms with Crippen molar-refractivity contribution in [2.75, 3.05) is 33.7 Å². The minimum Gasteiger partial charge on any atom is -0.459 e. The topological polar surface area (TPSA) is 237 Å². The minimum atomic E-state index is -2.37. The summed E-state index contributed by atoms with van der Waals surface area (Å²) in [4.78, 5) is 45.1. The van der Waals surface area contributed by atoms with Gasteiger partial charge < -0.3 is 64.5 Å². The number of ketones is 1. The molecule has 3 heterocycles. The Bertz CT molecular complexity index is 2140. The Morgan fingerprint density at radius 3 is 2.24 bits per heavy atom. The zero-order valence-corrected chi connectivity index (χ0v) is 46.2. The van der Waals surface area contributed by atoms with Crippen molar-refractivity contribution in [2.24, 2.45) is 40.4 Å². The first-order valence-corrected chi connectivity index (χ1v) is 27.2. The summed E-state index contributed by atoms with van der Waals surface area (Å²) in [5.41, 5.74) is -10.6. The molecule has 0 spiro atoms. The van der Waals surface area contributed by atoms with Crippen LogP contribution in [0.5, 0.6) is 0 Å². The number of carbonyl (C=O) groups is 3. The van der Waals surface area contributed by atoms with Crippen molar-refractivity contribution in [2.45, 2.75) is 230 Å². The van der Waals surface area contributed by atoms with Crippen molar-refractivity contribution >= 4 is 17.7 Å². The number of rotatable bonds is 9. The molecule has 0 aromatic rings. The van der Waals surface area contributed by atoms with Crippen molar-refractivity contribution in [1.82, 2.24) is 15.1 Å². The maximum atomic E-state index is 18.1. The van der Waals surface area contributed by atoms with Crippen molar-refractivity contribution in [1.29, 1.82) is 0 Å². The first kappa shape index (κ1) is 59.1. The van der Waals surface area contributed by atoms with E-state index in [-0.39, 0.29) is 75.4 Å². The van der Waals surface area contributed by atoms with Gasteiger partial charge in [-0.25, -0.2) is 8.78 Å². The summed E-state index contributed by atoms with van der Waals surface area (Å²) in [6.45, 7) is 20.6. The highest BCUT2D eigenvalue weighted by atomic mass is 19.1. The molecule has 422 valence electrons. The van der Waals surface area contributed by atoms with Crippen molar-refractivity contribution in [3.05, 3.63) is 23.8 Å². The van der Waals surface area contributed by atoms with Crippen LogP contribution in [0.2, 0.25) is 0 Å². The lowest BCUT2D eigenvalue weighted by atomic mass is 9.44. The lowest BCUT2D eigenvalue weighted by molar-refractivity contribution is -0.299. The van der Waals surface area contributed by atoms with Gasteiger partial charge in [0.1, 0.15) is 30.1 Å². The Kier molecular flexibility index (Phi) is 16.7. The molecule has 3 saturated heterocycles. The molecule has 1 amide bonds. The lowest BCUT2D eigenvalue weighted by Crippen LogP contribution is -2.71. The number of fused-ring (bicyclic) bond motifs is 7. The molecule has 7 unspecified atom stereocenters. The van der Waals surface area contributed by atoms with Crippen LogP contribution < -0.4 is 5.32 Å². The van der Waals surface area contributed by atoms with E-state index in [1.807, 2.05) is 37.7 Å². The molecule has 6 fully saturated rings. The number of nitrogens with one attached hydrogen (secondary N) is 1. The lowest BCUT2D eigenvalue weighted by Gasteiger charge is -2.63. The molecule has 0 radical (unpaired) electrons. The molecule has 74 heavy (non-hydrogen) atoms. The number of alkyl halides is 2. The van der Waals surface area contributed by atoms with E-state index in [0.29, 0.717) is 12.8 Å². The molecule has 23 atom stereocenters. The van der Waals surface area contributed by atoms with Crippen LogP contribution in [-0.4, -0.2) is 193 Å². The number of likely N-dealkylation sites (N-methyl/N-ethyl adjacent to an activating group) is 1. The van der Waals surface area contributed by atoms with Gasteiger partial charge in [-0.1, -0.05) is 33.8 Å². The van der Waals surface area contributed by atoms with Gasteiger partial charge in [0.25, 0.3) is 5.91 Å². The number of cyclic esters (lactones) is 1. The van der Waals surface area contributed by atoms with E-state index >= 15 is 13.6 Å². The molecule has 0 bridgehead atoms. The molecule has 7 aliphatic rings. The van der Waals surface area contributed by atoms with Crippen molar-refractivity contribution in [3.63, 3.8) is 0 Å². The highest BCUT2D eigenvalue weighted by Gasteiger charge is 2.81. The molecule has 7 rings (SSSR count). The van der Waals surface area contributed by atoms with Crippen LogP contribution in [0.3, 0.4) is 0 Å². The van der Waals surface area contributed by atoms with Crippen LogP contribution in [-0.2, 0) is 38.1 Å². The molecule has 3 aliphatic heterocycles. The van der Waals surface area contributed by atoms with Gasteiger partial charge >= 0.3 is 5.97 Å². The Hall–Kier alpha value is -2.53. The Morgan fingerprint density at radius 2 is 1.61 bits per heavy atom. The molecular formula is C55H89F2N3O14. The summed E-state index contributed by atoms with van der Waals surface area (Å²) in [6.07, 6.45) is -7.73. The predicted molar refractivity (Wildman–Crippen MR) is 268 cm³/mol. The number of amides is 1. The number of halogens is 2. The second kappa shape index (κ2) is 20.9. The number of carbonyl (C=O) groups excluding carboxylic acids is 3. The van der Waals surface area contributed by atoms with Crippen LogP contribution in [0.25, 0.3) is 0 Å². The summed E-state index contributed by atoms with van der Waals surface area (Å²) in [5.74, 6) is -7.22. The third-order valence-corrected chi connectivity index (χ3v) is 19.2. The number of aliphatic hydroxyl groups is 6. The second-order valence-electron chi connectivity index (χ2n) is 25.2. The molecular weight excluding hydrogens is 965 g/mol. The number of hydrogen-bond donors (Lipinski definition) is 7. The van der Waals surface area contributed by atoms with Gasteiger partial charge in [-0.2, -0.15) is 0 Å². The monoisotopic (exact) mass is 1050 g/mol. The van der Waals surface area contributed by atoms with Gasteiger partial charge in [0.2, 0.25) is 0 Å². The van der Waals surface area contributed by atoms with Crippen molar-refractivity contribution < 1.29 is 77.5 Å². The quantitative estimate of drug-likeness (QED) is 0.129. The highest BCUT2D eigenvalue weighted by Crippen LogP contribution is 2.72. The van der Waals surface area contributed by atoms with Crippen LogP contribution in [0.15, 0.2) is 23.8 Å². The summed E-state index contributed by atoms with van der Waals surface area (Å²) in [7, 11) is 3.69. The van der Waals surface area contributed by atoms with Gasteiger partial charge in [0.15, 0.2) is 29.1 Å². The molecule has 0 aromatic heterocycles. The number of nitrogens with zero attached hydrogens (tertiary/aromatic N) is 2. The Balaban J connectivity index is 1.14. The van der Waals surface area contributed by atoms with E-state index in [0.717, 1.165) is 6.08 Å². The number of ether oxygens (including phenoxy) is 5. The molecule has 17 nitrogen and oxygen atoms in total. The molecule has 4 aliphatic carbocycles. The average Bonchev–Trinajstić information content (AvgIpc) is 3.73. The first-order chi connectivity index (χ1) is 34.1. The molecule has 3 saturated carbocycles. The number of allylic oxidation sites excluding steroid dienone is 4. The first-order valence-electron chi connectivity index (χ1n) is 27.2. The summed E-state index contributed by atoms with van der Waals surface area (Å²) >= 11 is 0. The Morgan fingerprint density at radius 1 is 0.946 bits per heavy atom. The van der Waals surface area contributed by atoms with Gasteiger partial charge in [-0.15, -0.1) is 0 Å². The van der Waals surface area contributed by atoms with E-state index in [2.05, 4.69) is 5.32 Å². The number of aliphatic hydroxyl groups excluding tert-OH is 4. The van der Waals surface area contributed by atoms with E-state index in [9.17, 15) is 40.2 Å². The summed E-state index contributed by atoms with van der Waals surface area (Å²) < 4.78 is 66.1. The van der Waals surface area contributed by atoms with Crippen LogP contribution in [0.4, 0.5) is 8.78 Å². The molecule has 7 N–H and O–H groups in total. The van der Waals surface area contributed by atoms with Gasteiger partial charge in [-0.3, -0.25) is 19.3 Å². The zero-order chi connectivity index (χ0) is 55.2. The van der Waals surface area contributed by atoms with E-state index in [4.69, 9.17) is 23.7 Å². The SMILES string of the molecule is CC[C@H]1OC(=O)[C@H](C)C(O)[C@H](C)C(OC2OC(C)C[C@@H](N(C)C)C2O)[C@](C)(O)C[C@@H](C)CN(CCCNC(=O)[C@@]23OC(C)(C)O[C@@H]2CC2C4C[C@H](F)C5=CC(=O)C=C[C@]5(C)[C@@]4(F)[C@@H](O)C[C@@]23C)[C@H](C)[C@@H](O)[C@]1(C)O. The summed E-state index contributed by atoms with van der Waals surface area (Å²) in [6, 6.07) is -1.13. The third kappa shape index (κ3) is 9.89. The Labute approximate surface area is 436 Å². The third-order valence-electron chi connectivity index (χ3n) is 19.2. The van der Waals surface area contributed by atoms with E-state index < -0.39 is 142 Å². The van der Waals surface area contributed by atoms with Crippen LogP contribution in [0.1, 0.15) is 128 Å². The normalized spacial score (nSPS) is 50.1. The smallest absolute Gasteiger partial charge is 0.311 e. The number of hydrogen-bond acceptors (Lipinski definition) is 16. The van der Waals surface area contributed by atoms with E-state index in [1.165, 1.54) is 32.9 Å². The maximum Gasteiger partial charge on any atom is 0.311 e. The fourth-order valence-corrected chi connectivity index (χ4v) is 15.2. The van der Waals surface area contributed by atoms with Crippen LogP contribution in [0, 0.1) is 40.4 Å². The second-order valence-corrected chi connectivity index (χ2v) is 25.2. The summed E-state index contributed by atoms with van der Waals surface area (Å²) in [5, 5.41) is 75.2. The fraction of sp³-hybridized carbons (Fsp3) is 0.873. The highest BCUT2D eigenvalue weighted by molar-refractivity contribution is 6.01. The zero-order valence-electron chi connectivity index (χ0n) is 46.2. The van der Waals surface area contributed by atoms with E-state index in [1.54, 1.807) is 48.5 Å². The number of esters is 1. The van der Waals surface area contributed by atoms with Gasteiger partial charge in [-0.05, 0) is 144 Å². The fourth-order valence-electron chi connectivity index (χ4n) is 15.2. The minimum absolute atomic E-state index is 0.00380. The predicted octanol–water partition coefficient (Wildman–Crippen LogP) is 3.67. The molecule has 19 heteroatoms. The largest absolute Gasteiger partial charge is 0.459 e.